The molecule has 0 spiro atoms. The molecule has 0 aromatic carbocycles. The van der Waals surface area contributed by atoms with Crippen LogP contribution < -0.4 is 0 Å². The first kappa shape index (κ1) is 13.3. The number of methoxy groups -OCH3 is 2. The molecule has 2 unspecified atom stereocenters. The molecule has 0 aromatic rings. The first-order valence-corrected chi connectivity index (χ1v) is 6.78. The van der Waals surface area contributed by atoms with Crippen LogP contribution in [0.5, 0.6) is 0 Å². The van der Waals surface area contributed by atoms with Gasteiger partial charge in [-0.25, -0.2) is 0 Å². The van der Waals surface area contributed by atoms with E-state index >= 15 is 0 Å². The summed E-state index contributed by atoms with van der Waals surface area (Å²) in [6.07, 6.45) is 4.03. The van der Waals surface area contributed by atoms with E-state index in [9.17, 15) is 0 Å². The van der Waals surface area contributed by atoms with E-state index in [1.54, 1.807) is 14.2 Å². The first-order valence-electron chi connectivity index (χ1n) is 6.78. The molecule has 0 N–H and O–H groups in total. The summed E-state index contributed by atoms with van der Waals surface area (Å²) in [4.78, 5) is 5.18. The van der Waals surface area contributed by atoms with Crippen LogP contribution in [0.2, 0.25) is 0 Å². The number of piperidine rings is 1. The van der Waals surface area contributed by atoms with Gasteiger partial charge in [-0.1, -0.05) is 6.42 Å². The highest BCUT2D eigenvalue weighted by Gasteiger charge is 2.33. The Balaban J connectivity index is 1.90. The fourth-order valence-corrected chi connectivity index (χ4v) is 3.10. The third-order valence-corrected chi connectivity index (χ3v) is 4.23. The van der Waals surface area contributed by atoms with Crippen molar-refractivity contribution in [3.8, 4) is 0 Å². The molecule has 0 bridgehead atoms. The third kappa shape index (κ3) is 3.19. The van der Waals surface area contributed by atoms with Crippen molar-refractivity contribution in [1.29, 1.82) is 0 Å². The van der Waals surface area contributed by atoms with Gasteiger partial charge < -0.3 is 9.47 Å². The molecule has 2 heterocycles. The SMILES string of the molecule is COC(CN1CC2CCCCN2CC1C)OC. The normalized spacial score (nSPS) is 31.8. The lowest BCUT2D eigenvalue weighted by Crippen LogP contribution is -2.59. The van der Waals surface area contributed by atoms with Gasteiger partial charge in [-0.2, -0.15) is 0 Å². The van der Waals surface area contributed by atoms with Crippen molar-refractivity contribution in [3.05, 3.63) is 0 Å². The highest BCUT2D eigenvalue weighted by molar-refractivity contribution is 4.89. The summed E-state index contributed by atoms with van der Waals surface area (Å²) in [5.74, 6) is 0. The van der Waals surface area contributed by atoms with Crippen LogP contribution in [0.3, 0.4) is 0 Å². The summed E-state index contributed by atoms with van der Waals surface area (Å²) in [5.41, 5.74) is 0. The quantitative estimate of drug-likeness (QED) is 0.691. The second-order valence-corrected chi connectivity index (χ2v) is 5.35. The van der Waals surface area contributed by atoms with Crippen LogP contribution in [0.25, 0.3) is 0 Å². The zero-order chi connectivity index (χ0) is 12.3. The molecule has 2 rings (SSSR count). The molecule has 2 saturated heterocycles. The minimum atomic E-state index is -0.0902. The van der Waals surface area contributed by atoms with Crippen molar-refractivity contribution < 1.29 is 9.47 Å². The van der Waals surface area contributed by atoms with E-state index in [-0.39, 0.29) is 6.29 Å². The van der Waals surface area contributed by atoms with Crippen molar-refractivity contribution in [2.24, 2.45) is 0 Å². The Bertz CT molecular complexity index is 233. The van der Waals surface area contributed by atoms with Crippen LogP contribution in [-0.4, -0.2) is 68.6 Å². The number of hydrogen-bond acceptors (Lipinski definition) is 4. The minimum absolute atomic E-state index is 0.0902. The Morgan fingerprint density at radius 1 is 1.18 bits per heavy atom. The molecule has 0 aromatic heterocycles. The van der Waals surface area contributed by atoms with Crippen LogP contribution in [-0.2, 0) is 9.47 Å². The summed E-state index contributed by atoms with van der Waals surface area (Å²) >= 11 is 0. The second kappa shape index (κ2) is 6.14. The van der Waals surface area contributed by atoms with E-state index in [1.807, 2.05) is 0 Å². The molecule has 100 valence electrons. The summed E-state index contributed by atoms with van der Waals surface area (Å²) in [6.45, 7) is 6.86. The van der Waals surface area contributed by atoms with E-state index in [1.165, 1.54) is 38.9 Å². The number of piperazine rings is 1. The van der Waals surface area contributed by atoms with E-state index < -0.39 is 0 Å². The third-order valence-electron chi connectivity index (χ3n) is 4.23. The molecule has 0 saturated carbocycles. The molecular weight excluding hydrogens is 216 g/mol. The Kier molecular flexibility index (Phi) is 4.79. The van der Waals surface area contributed by atoms with Crippen LogP contribution in [0.4, 0.5) is 0 Å². The largest absolute Gasteiger partial charge is 0.355 e. The minimum Gasteiger partial charge on any atom is -0.355 e. The van der Waals surface area contributed by atoms with E-state index in [0.29, 0.717) is 6.04 Å². The van der Waals surface area contributed by atoms with Gasteiger partial charge in [-0.15, -0.1) is 0 Å². The lowest BCUT2D eigenvalue weighted by molar-refractivity contribution is -0.129. The average Bonchev–Trinajstić information content (AvgIpc) is 2.36. The Morgan fingerprint density at radius 3 is 2.65 bits per heavy atom. The van der Waals surface area contributed by atoms with Gasteiger partial charge in [-0.05, 0) is 26.3 Å². The number of rotatable bonds is 4. The number of nitrogens with zero attached hydrogens (tertiary/aromatic N) is 2. The molecule has 0 aliphatic carbocycles. The van der Waals surface area contributed by atoms with Crippen LogP contribution in [0.1, 0.15) is 26.2 Å². The number of fused-ring (bicyclic) bond motifs is 1. The topological polar surface area (TPSA) is 24.9 Å². The molecule has 4 nitrogen and oxygen atoms in total. The zero-order valence-corrected chi connectivity index (χ0v) is 11.4. The molecule has 4 heteroatoms. The molecular formula is C13H26N2O2. The summed E-state index contributed by atoms with van der Waals surface area (Å²) in [7, 11) is 3.44. The maximum absolute atomic E-state index is 5.31. The van der Waals surface area contributed by atoms with Gasteiger partial charge >= 0.3 is 0 Å². The Labute approximate surface area is 105 Å². The summed E-state index contributed by atoms with van der Waals surface area (Å²) in [5, 5.41) is 0. The van der Waals surface area contributed by atoms with Crippen LogP contribution >= 0.6 is 0 Å². The zero-order valence-electron chi connectivity index (χ0n) is 11.4. The van der Waals surface area contributed by atoms with Crippen molar-refractivity contribution in [1.82, 2.24) is 9.80 Å². The monoisotopic (exact) mass is 242 g/mol. The van der Waals surface area contributed by atoms with Crippen LogP contribution in [0.15, 0.2) is 0 Å². The number of ether oxygens (including phenoxy) is 2. The van der Waals surface area contributed by atoms with Crippen molar-refractivity contribution in [2.45, 2.75) is 44.6 Å². The molecule has 2 aliphatic rings. The Hall–Kier alpha value is -0.160. The molecule has 2 atom stereocenters. The standard InChI is InChI=1S/C13H26N2O2/c1-11-8-14-7-5-4-6-12(14)9-15(11)10-13(16-2)17-3/h11-13H,4-10H2,1-3H3. The Morgan fingerprint density at radius 2 is 1.94 bits per heavy atom. The van der Waals surface area contributed by atoms with Gasteiger partial charge in [0, 0.05) is 45.9 Å². The van der Waals surface area contributed by atoms with E-state index in [2.05, 4.69) is 16.7 Å². The first-order chi connectivity index (χ1) is 8.24. The fraction of sp³-hybridized carbons (Fsp3) is 1.00. The van der Waals surface area contributed by atoms with Gasteiger partial charge in [0.15, 0.2) is 6.29 Å². The predicted octanol–water partition coefficient (Wildman–Crippen LogP) is 1.16. The van der Waals surface area contributed by atoms with Gasteiger partial charge in [0.05, 0.1) is 0 Å². The van der Waals surface area contributed by atoms with Crippen molar-refractivity contribution >= 4 is 0 Å². The van der Waals surface area contributed by atoms with Crippen molar-refractivity contribution in [2.75, 3.05) is 40.4 Å². The maximum Gasteiger partial charge on any atom is 0.169 e. The van der Waals surface area contributed by atoms with E-state index in [4.69, 9.17) is 9.47 Å². The second-order valence-electron chi connectivity index (χ2n) is 5.35. The molecule has 17 heavy (non-hydrogen) atoms. The molecule has 2 fully saturated rings. The fourth-order valence-electron chi connectivity index (χ4n) is 3.10. The van der Waals surface area contributed by atoms with Gasteiger partial charge in [0.2, 0.25) is 0 Å². The molecule has 0 amide bonds. The summed E-state index contributed by atoms with van der Waals surface area (Å²) < 4.78 is 10.6. The van der Waals surface area contributed by atoms with Gasteiger partial charge in [-0.3, -0.25) is 9.80 Å². The average molecular weight is 242 g/mol. The smallest absolute Gasteiger partial charge is 0.169 e. The highest BCUT2D eigenvalue weighted by atomic mass is 16.7. The highest BCUT2D eigenvalue weighted by Crippen LogP contribution is 2.24. The molecule has 0 radical (unpaired) electrons. The van der Waals surface area contributed by atoms with Crippen molar-refractivity contribution in [3.63, 3.8) is 0 Å². The number of hydrogen-bond donors (Lipinski definition) is 0. The van der Waals surface area contributed by atoms with E-state index in [0.717, 1.165) is 12.6 Å². The van der Waals surface area contributed by atoms with Gasteiger partial charge in [0.25, 0.3) is 0 Å². The predicted molar refractivity (Wildman–Crippen MR) is 68.1 cm³/mol. The lowest BCUT2D eigenvalue weighted by Gasteiger charge is -2.48. The lowest BCUT2D eigenvalue weighted by atomic mass is 9.97. The molecule has 2 aliphatic heterocycles. The maximum atomic E-state index is 5.31. The van der Waals surface area contributed by atoms with Gasteiger partial charge in [0.1, 0.15) is 0 Å². The summed E-state index contributed by atoms with van der Waals surface area (Å²) in [6, 6.07) is 1.37. The van der Waals surface area contributed by atoms with Crippen LogP contribution in [0, 0.1) is 0 Å².